The van der Waals surface area contributed by atoms with Gasteiger partial charge in [0.1, 0.15) is 0 Å². The lowest BCUT2D eigenvalue weighted by atomic mass is 9.80. The number of likely N-dealkylation sites (tertiary alicyclic amines) is 1. The summed E-state index contributed by atoms with van der Waals surface area (Å²) in [5, 5.41) is 3.90. The van der Waals surface area contributed by atoms with E-state index in [1.807, 2.05) is 34.0 Å². The van der Waals surface area contributed by atoms with E-state index >= 15 is 0 Å². The number of thiophene rings is 1. The molecule has 132 valence electrons. The average molecular weight is 357 g/mol. The normalized spacial score (nSPS) is 24.3. The molecule has 2 saturated heterocycles. The maximum Gasteiger partial charge on any atom is 0.254 e. The van der Waals surface area contributed by atoms with Crippen LogP contribution in [0.3, 0.4) is 0 Å². The number of carbonyl (C=O) groups excluding carboxylic acids is 1. The number of hydrogen-bond donors (Lipinski definition) is 0. The molecule has 0 saturated carbocycles. The van der Waals surface area contributed by atoms with Gasteiger partial charge in [-0.2, -0.15) is 11.3 Å². The van der Waals surface area contributed by atoms with Gasteiger partial charge in [0.2, 0.25) is 0 Å². The quantitative estimate of drug-likeness (QED) is 0.829. The zero-order chi connectivity index (χ0) is 17.1. The van der Waals surface area contributed by atoms with Crippen molar-refractivity contribution in [3.63, 3.8) is 0 Å². The molecule has 0 aliphatic carbocycles. The van der Waals surface area contributed by atoms with Gasteiger partial charge in [-0.15, -0.1) is 0 Å². The van der Waals surface area contributed by atoms with Gasteiger partial charge in [0, 0.05) is 43.2 Å². The van der Waals surface area contributed by atoms with Crippen LogP contribution >= 0.6 is 11.3 Å². The minimum absolute atomic E-state index is 0.00370. The molecule has 5 nitrogen and oxygen atoms in total. The van der Waals surface area contributed by atoms with E-state index in [9.17, 15) is 4.79 Å². The van der Waals surface area contributed by atoms with Crippen LogP contribution < -0.4 is 4.90 Å². The Morgan fingerprint density at radius 2 is 2.24 bits per heavy atom. The molecular formula is C19H23N3O2S. The van der Waals surface area contributed by atoms with Gasteiger partial charge in [0.15, 0.2) is 0 Å². The molecule has 2 aromatic heterocycles. The van der Waals surface area contributed by atoms with Gasteiger partial charge < -0.3 is 14.5 Å². The lowest BCUT2D eigenvalue weighted by Gasteiger charge is -2.43. The summed E-state index contributed by atoms with van der Waals surface area (Å²) in [6.45, 7) is 4.81. The number of aromatic nitrogens is 1. The zero-order valence-corrected chi connectivity index (χ0v) is 15.1. The molecule has 2 fully saturated rings. The van der Waals surface area contributed by atoms with E-state index < -0.39 is 0 Å². The smallest absolute Gasteiger partial charge is 0.254 e. The van der Waals surface area contributed by atoms with E-state index in [0.717, 1.165) is 63.5 Å². The first-order chi connectivity index (χ1) is 12.3. The topological polar surface area (TPSA) is 45.7 Å². The van der Waals surface area contributed by atoms with Crippen molar-refractivity contribution in [1.82, 2.24) is 9.88 Å². The molecule has 0 bridgehead atoms. The third-order valence-electron chi connectivity index (χ3n) is 5.17. The van der Waals surface area contributed by atoms with E-state index in [4.69, 9.17) is 4.74 Å². The molecule has 1 spiro atoms. The van der Waals surface area contributed by atoms with Crippen LogP contribution in [0, 0.1) is 5.41 Å². The molecule has 0 N–H and O–H groups in total. The number of piperidine rings is 1. The van der Waals surface area contributed by atoms with Crippen LogP contribution in [0.4, 0.5) is 5.69 Å². The first-order valence-electron chi connectivity index (χ1n) is 8.80. The highest BCUT2D eigenvalue weighted by Gasteiger charge is 2.40. The fraction of sp³-hybridized carbons (Fsp3) is 0.474. The molecule has 0 unspecified atom stereocenters. The molecule has 2 aromatic rings. The molecule has 0 aromatic carbocycles. The van der Waals surface area contributed by atoms with Gasteiger partial charge in [-0.05, 0) is 36.4 Å². The van der Waals surface area contributed by atoms with E-state index in [0.29, 0.717) is 0 Å². The summed E-state index contributed by atoms with van der Waals surface area (Å²) in [6.07, 6.45) is 5.84. The van der Waals surface area contributed by atoms with Crippen LogP contribution in [0.2, 0.25) is 0 Å². The van der Waals surface area contributed by atoms with Gasteiger partial charge in [0.25, 0.3) is 5.91 Å². The lowest BCUT2D eigenvalue weighted by molar-refractivity contribution is 0.0135. The Balaban J connectivity index is 1.53. The van der Waals surface area contributed by atoms with Crippen LogP contribution in [-0.2, 0) is 4.74 Å². The summed E-state index contributed by atoms with van der Waals surface area (Å²) in [5.41, 5.74) is 1.94. The number of amides is 1. The number of pyridine rings is 1. The van der Waals surface area contributed by atoms with Crippen molar-refractivity contribution in [1.29, 1.82) is 0 Å². The summed E-state index contributed by atoms with van der Waals surface area (Å²) in [4.78, 5) is 21.4. The minimum Gasteiger partial charge on any atom is -0.379 e. The van der Waals surface area contributed by atoms with Crippen molar-refractivity contribution < 1.29 is 9.53 Å². The standard InChI is InChI=1S/C19H23N3O2S/c23-18(16-4-10-25-12-16)22-7-2-5-19(14-22)13-21(8-9-24-15-19)17-3-1-6-20-11-17/h1,3-4,6,10-12H,2,5,7-9,13-15H2/t19-/m0/s1. The Morgan fingerprint density at radius 3 is 3.04 bits per heavy atom. The Hall–Kier alpha value is -1.92. The van der Waals surface area contributed by atoms with Crippen LogP contribution in [-0.4, -0.2) is 55.2 Å². The maximum atomic E-state index is 12.8. The number of ether oxygens (including phenoxy) is 1. The number of rotatable bonds is 2. The highest BCUT2D eigenvalue weighted by atomic mass is 32.1. The molecule has 4 rings (SSSR count). The highest BCUT2D eigenvalue weighted by molar-refractivity contribution is 7.08. The highest BCUT2D eigenvalue weighted by Crippen LogP contribution is 2.35. The van der Waals surface area contributed by atoms with Gasteiger partial charge in [0.05, 0.1) is 30.7 Å². The fourth-order valence-corrected chi connectivity index (χ4v) is 4.58. The summed E-state index contributed by atoms with van der Waals surface area (Å²) in [5.74, 6) is 0.150. The fourth-order valence-electron chi connectivity index (χ4n) is 3.95. The second-order valence-electron chi connectivity index (χ2n) is 7.03. The summed E-state index contributed by atoms with van der Waals surface area (Å²) < 4.78 is 5.96. The van der Waals surface area contributed by atoms with Crippen LogP contribution in [0.25, 0.3) is 0 Å². The van der Waals surface area contributed by atoms with Gasteiger partial charge in [-0.25, -0.2) is 0 Å². The first-order valence-corrected chi connectivity index (χ1v) is 9.74. The van der Waals surface area contributed by atoms with Crippen LogP contribution in [0.1, 0.15) is 23.2 Å². The zero-order valence-electron chi connectivity index (χ0n) is 14.3. The van der Waals surface area contributed by atoms with Crippen LogP contribution in [0.15, 0.2) is 41.4 Å². The molecule has 2 aliphatic rings. The molecule has 4 heterocycles. The predicted molar refractivity (Wildman–Crippen MR) is 99.2 cm³/mol. The van der Waals surface area contributed by atoms with Gasteiger partial charge in [-0.1, -0.05) is 0 Å². The first kappa shape index (κ1) is 16.5. The average Bonchev–Trinajstić information content (AvgIpc) is 3.12. The van der Waals surface area contributed by atoms with Crippen LogP contribution in [0.5, 0.6) is 0 Å². The second-order valence-corrected chi connectivity index (χ2v) is 7.81. The van der Waals surface area contributed by atoms with E-state index in [2.05, 4.69) is 16.0 Å². The molecule has 1 atom stereocenters. The number of anilines is 1. The molecule has 1 amide bonds. The third-order valence-corrected chi connectivity index (χ3v) is 5.85. The van der Waals surface area contributed by atoms with E-state index in [-0.39, 0.29) is 11.3 Å². The predicted octanol–water partition coefficient (Wildman–Crippen LogP) is 2.90. The van der Waals surface area contributed by atoms with Gasteiger partial charge in [-0.3, -0.25) is 9.78 Å². The molecule has 25 heavy (non-hydrogen) atoms. The lowest BCUT2D eigenvalue weighted by Crippen LogP contribution is -2.52. The molecule has 2 aliphatic heterocycles. The monoisotopic (exact) mass is 357 g/mol. The molecular weight excluding hydrogens is 334 g/mol. The third kappa shape index (κ3) is 3.55. The Bertz CT molecular complexity index is 707. The summed E-state index contributed by atoms with van der Waals surface area (Å²) in [6, 6.07) is 5.99. The summed E-state index contributed by atoms with van der Waals surface area (Å²) in [7, 11) is 0. The largest absolute Gasteiger partial charge is 0.379 e. The van der Waals surface area contributed by atoms with E-state index in [1.165, 1.54) is 0 Å². The Morgan fingerprint density at radius 1 is 1.28 bits per heavy atom. The Labute approximate surface area is 152 Å². The van der Waals surface area contributed by atoms with Crippen molar-refractivity contribution >= 4 is 22.9 Å². The van der Waals surface area contributed by atoms with Crippen molar-refractivity contribution in [2.45, 2.75) is 12.8 Å². The van der Waals surface area contributed by atoms with E-state index in [1.54, 1.807) is 17.5 Å². The van der Waals surface area contributed by atoms with Crippen molar-refractivity contribution in [3.8, 4) is 0 Å². The number of carbonyl (C=O) groups is 1. The summed E-state index contributed by atoms with van der Waals surface area (Å²) >= 11 is 1.57. The van der Waals surface area contributed by atoms with Gasteiger partial charge >= 0.3 is 0 Å². The number of hydrogen-bond acceptors (Lipinski definition) is 5. The molecule has 6 heteroatoms. The SMILES string of the molecule is O=C(c1ccsc1)N1CCC[C@@]2(COCCN(c3cccnc3)C2)C1. The van der Waals surface area contributed by atoms with Crippen molar-refractivity contribution in [3.05, 3.63) is 46.9 Å². The molecule has 0 radical (unpaired) electrons. The van der Waals surface area contributed by atoms with Crippen molar-refractivity contribution in [2.75, 3.05) is 44.3 Å². The maximum absolute atomic E-state index is 12.8. The minimum atomic E-state index is -0.00370. The Kier molecular flexibility index (Phi) is 4.72. The van der Waals surface area contributed by atoms with Crippen molar-refractivity contribution in [2.24, 2.45) is 5.41 Å². The second kappa shape index (κ2) is 7.14. The number of nitrogens with zero attached hydrogens (tertiary/aromatic N) is 3.